The smallest absolute Gasteiger partial charge is 0.391 e. The molecule has 0 unspecified atom stereocenters. The van der Waals surface area contributed by atoms with Crippen molar-refractivity contribution in [1.82, 2.24) is 5.32 Å². The van der Waals surface area contributed by atoms with Crippen molar-refractivity contribution in [3.05, 3.63) is 35.4 Å². The van der Waals surface area contributed by atoms with E-state index in [1.165, 1.54) is 18.2 Å². The van der Waals surface area contributed by atoms with E-state index < -0.39 is 61.4 Å². The zero-order chi connectivity index (χ0) is 20.4. The lowest BCUT2D eigenvalue weighted by Crippen LogP contribution is -2.47. The molecule has 0 saturated heterocycles. The average molecular weight is 397 g/mol. The molecule has 27 heavy (non-hydrogen) atoms. The zero-order valence-electron chi connectivity index (χ0n) is 14.2. The predicted molar refractivity (Wildman–Crippen MR) is 82.0 cm³/mol. The third kappa shape index (κ3) is 5.36. The fourth-order valence-corrected chi connectivity index (χ4v) is 3.15. The molecule has 150 valence electrons. The van der Waals surface area contributed by atoms with Crippen LogP contribution in [0.2, 0.25) is 0 Å². The minimum atomic E-state index is -4.78. The third-order valence-electron chi connectivity index (χ3n) is 4.51. The first kappa shape index (κ1) is 21.0. The van der Waals surface area contributed by atoms with Crippen LogP contribution in [0.4, 0.5) is 26.3 Å². The van der Waals surface area contributed by atoms with Gasteiger partial charge in [-0.25, -0.2) is 4.79 Å². The summed E-state index contributed by atoms with van der Waals surface area (Å²) in [4.78, 5) is 23.7. The van der Waals surface area contributed by atoms with Crippen LogP contribution in [0, 0.1) is 11.8 Å². The van der Waals surface area contributed by atoms with E-state index in [0.717, 1.165) is 13.2 Å². The number of hydrogen-bond donors (Lipinski definition) is 1. The number of carbonyl (C=O) groups is 2. The molecule has 0 radical (unpaired) electrons. The standard InChI is InChI=1S/C17H17F6NO3/c1-27-15(26)10-4-2-3-9(5-10)14(25)24-13-7-11(16(18,19)20)6-12(8-13)17(21,22)23/h2-5,11-13H,6-8H2,1H3,(H,24,25)/t11-,12-/m1/s1. The van der Waals surface area contributed by atoms with E-state index >= 15 is 0 Å². The first-order valence-electron chi connectivity index (χ1n) is 8.04. The van der Waals surface area contributed by atoms with Crippen LogP contribution >= 0.6 is 0 Å². The Morgan fingerprint density at radius 2 is 1.48 bits per heavy atom. The van der Waals surface area contributed by atoms with Gasteiger partial charge in [0.1, 0.15) is 0 Å². The van der Waals surface area contributed by atoms with Crippen LogP contribution in [0.1, 0.15) is 40.0 Å². The summed E-state index contributed by atoms with van der Waals surface area (Å²) >= 11 is 0. The van der Waals surface area contributed by atoms with Crippen molar-refractivity contribution in [1.29, 1.82) is 0 Å². The van der Waals surface area contributed by atoms with Crippen molar-refractivity contribution >= 4 is 11.9 Å². The lowest BCUT2D eigenvalue weighted by molar-refractivity contribution is -0.225. The number of halogens is 6. The van der Waals surface area contributed by atoms with Crippen molar-refractivity contribution in [2.24, 2.45) is 11.8 Å². The molecule has 1 fully saturated rings. The maximum Gasteiger partial charge on any atom is 0.391 e. The Kier molecular flexibility index (Phi) is 6.06. The summed E-state index contributed by atoms with van der Waals surface area (Å²) in [6.45, 7) is 0. The summed E-state index contributed by atoms with van der Waals surface area (Å²) in [5.74, 6) is -5.87. The highest BCUT2D eigenvalue weighted by Crippen LogP contribution is 2.45. The number of nitrogens with one attached hydrogen (secondary N) is 1. The summed E-state index contributed by atoms with van der Waals surface area (Å²) in [7, 11) is 1.13. The molecule has 0 heterocycles. The maximum atomic E-state index is 13.0. The van der Waals surface area contributed by atoms with Crippen molar-refractivity contribution in [3.8, 4) is 0 Å². The molecular weight excluding hydrogens is 380 g/mol. The summed E-state index contributed by atoms with van der Waals surface area (Å²) in [5.41, 5.74) is -0.0225. The number of hydrogen-bond acceptors (Lipinski definition) is 3. The topological polar surface area (TPSA) is 55.4 Å². The largest absolute Gasteiger partial charge is 0.465 e. The first-order valence-corrected chi connectivity index (χ1v) is 8.04. The minimum Gasteiger partial charge on any atom is -0.465 e. The molecule has 4 nitrogen and oxygen atoms in total. The second-order valence-electron chi connectivity index (χ2n) is 6.43. The van der Waals surface area contributed by atoms with Crippen molar-refractivity contribution < 1.29 is 40.7 Å². The van der Waals surface area contributed by atoms with Gasteiger partial charge in [0.25, 0.3) is 5.91 Å². The van der Waals surface area contributed by atoms with Gasteiger partial charge in [-0.05, 0) is 37.5 Å². The van der Waals surface area contributed by atoms with Crippen molar-refractivity contribution in [2.75, 3.05) is 7.11 Å². The Labute approximate surface area is 150 Å². The van der Waals surface area contributed by atoms with E-state index in [1.807, 2.05) is 0 Å². The van der Waals surface area contributed by atoms with Crippen LogP contribution in [0.5, 0.6) is 0 Å². The van der Waals surface area contributed by atoms with Crippen LogP contribution in [0.25, 0.3) is 0 Å². The second kappa shape index (κ2) is 7.77. The van der Waals surface area contributed by atoms with Crippen LogP contribution in [0.15, 0.2) is 24.3 Å². The number of alkyl halides is 6. The average Bonchev–Trinajstić information content (AvgIpc) is 2.59. The van der Waals surface area contributed by atoms with Gasteiger partial charge < -0.3 is 10.1 Å². The Bertz CT molecular complexity index is 679. The molecule has 0 aromatic heterocycles. The Balaban J connectivity index is 2.16. The van der Waals surface area contributed by atoms with E-state index in [1.54, 1.807) is 0 Å². The van der Waals surface area contributed by atoms with Gasteiger partial charge in [0.2, 0.25) is 0 Å². The summed E-state index contributed by atoms with van der Waals surface area (Å²) < 4.78 is 82.4. The number of ether oxygens (including phenoxy) is 1. The number of rotatable bonds is 3. The van der Waals surface area contributed by atoms with Crippen LogP contribution in [-0.2, 0) is 4.74 Å². The SMILES string of the molecule is COC(=O)c1cccc(C(=O)NC2C[C@H](C(F)(F)F)C[C@@H](C(F)(F)F)C2)c1. The number of benzene rings is 1. The molecule has 1 amide bonds. The molecule has 1 aromatic rings. The summed E-state index contributed by atoms with van der Waals surface area (Å²) in [5, 5.41) is 2.23. The van der Waals surface area contributed by atoms with Crippen LogP contribution < -0.4 is 5.32 Å². The van der Waals surface area contributed by atoms with Gasteiger partial charge in [-0.2, -0.15) is 26.3 Å². The quantitative estimate of drug-likeness (QED) is 0.617. The van der Waals surface area contributed by atoms with Gasteiger partial charge in [-0.3, -0.25) is 4.79 Å². The van der Waals surface area contributed by atoms with E-state index in [-0.39, 0.29) is 11.1 Å². The van der Waals surface area contributed by atoms with Gasteiger partial charge in [0.05, 0.1) is 24.5 Å². The number of carbonyl (C=O) groups excluding carboxylic acids is 2. The molecule has 2 rings (SSSR count). The Morgan fingerprint density at radius 1 is 0.963 bits per heavy atom. The van der Waals surface area contributed by atoms with E-state index in [2.05, 4.69) is 10.1 Å². The van der Waals surface area contributed by atoms with Gasteiger partial charge in [-0.1, -0.05) is 6.07 Å². The molecule has 0 aliphatic heterocycles. The fraction of sp³-hybridized carbons (Fsp3) is 0.529. The predicted octanol–water partition coefficient (Wildman–Crippen LogP) is 4.11. The normalized spacial score (nSPS) is 23.6. The number of methoxy groups -OCH3 is 1. The third-order valence-corrected chi connectivity index (χ3v) is 4.51. The highest BCUT2D eigenvalue weighted by molar-refractivity contribution is 5.98. The highest BCUT2D eigenvalue weighted by Gasteiger charge is 2.52. The van der Waals surface area contributed by atoms with Gasteiger partial charge in [0, 0.05) is 11.6 Å². The van der Waals surface area contributed by atoms with E-state index in [0.29, 0.717) is 0 Å². The molecule has 1 aromatic carbocycles. The lowest BCUT2D eigenvalue weighted by atomic mass is 9.77. The highest BCUT2D eigenvalue weighted by atomic mass is 19.4. The molecule has 2 atom stereocenters. The molecule has 1 aliphatic carbocycles. The lowest BCUT2D eigenvalue weighted by Gasteiger charge is -2.37. The second-order valence-corrected chi connectivity index (χ2v) is 6.43. The molecule has 1 N–H and O–H groups in total. The van der Waals surface area contributed by atoms with Crippen molar-refractivity contribution in [2.45, 2.75) is 37.7 Å². The number of amides is 1. The Morgan fingerprint density at radius 3 is 1.96 bits per heavy atom. The van der Waals surface area contributed by atoms with Gasteiger partial charge >= 0.3 is 18.3 Å². The first-order chi connectivity index (χ1) is 12.4. The molecule has 1 saturated carbocycles. The molecule has 0 spiro atoms. The van der Waals surface area contributed by atoms with Gasteiger partial charge in [-0.15, -0.1) is 0 Å². The van der Waals surface area contributed by atoms with Crippen LogP contribution in [0.3, 0.4) is 0 Å². The van der Waals surface area contributed by atoms with E-state index in [9.17, 15) is 35.9 Å². The van der Waals surface area contributed by atoms with Gasteiger partial charge in [0.15, 0.2) is 0 Å². The molecule has 10 heteroatoms. The van der Waals surface area contributed by atoms with E-state index in [4.69, 9.17) is 0 Å². The maximum absolute atomic E-state index is 13.0. The minimum absolute atomic E-state index is 0.0372. The molecule has 1 aliphatic rings. The monoisotopic (exact) mass is 397 g/mol. The van der Waals surface area contributed by atoms with Crippen LogP contribution in [-0.4, -0.2) is 37.4 Å². The zero-order valence-corrected chi connectivity index (χ0v) is 14.2. The fourth-order valence-electron chi connectivity index (χ4n) is 3.15. The van der Waals surface area contributed by atoms with Crippen molar-refractivity contribution in [3.63, 3.8) is 0 Å². The Hall–Kier alpha value is -2.26. The summed E-state index contributed by atoms with van der Waals surface area (Å²) in [6.07, 6.45) is -11.9. The summed E-state index contributed by atoms with van der Waals surface area (Å²) in [6, 6.07) is 3.90. The number of esters is 1. The molecule has 0 bridgehead atoms. The molecular formula is C17H17F6NO3.